The second-order valence-corrected chi connectivity index (χ2v) is 7.21. The van der Waals surface area contributed by atoms with Crippen LogP contribution in [0.5, 0.6) is 0 Å². The Kier molecular flexibility index (Phi) is 5.39. The van der Waals surface area contributed by atoms with Crippen LogP contribution in [0.25, 0.3) is 11.1 Å². The van der Waals surface area contributed by atoms with Gasteiger partial charge >= 0.3 is 0 Å². The van der Waals surface area contributed by atoms with E-state index in [1.54, 1.807) is 30.6 Å². The number of rotatable bonds is 4. The van der Waals surface area contributed by atoms with Crippen LogP contribution < -0.4 is 10.2 Å². The molecule has 28 heavy (non-hydrogen) atoms. The lowest BCUT2D eigenvalue weighted by Gasteiger charge is -2.32. The van der Waals surface area contributed by atoms with Crippen LogP contribution in [0, 0.1) is 11.6 Å². The quantitative estimate of drug-likeness (QED) is 0.657. The van der Waals surface area contributed by atoms with Gasteiger partial charge in [0.15, 0.2) is 0 Å². The molecule has 4 rings (SSSR count). The molecular weight excluding hydrogens is 382 g/mol. The number of nitrogens with one attached hydrogen (secondary N) is 1. The third kappa shape index (κ3) is 4.07. The minimum absolute atomic E-state index is 0.156. The van der Waals surface area contributed by atoms with Crippen molar-refractivity contribution >= 4 is 23.2 Å². The highest BCUT2D eigenvalue weighted by atomic mass is 35.5. The highest BCUT2D eigenvalue weighted by molar-refractivity contribution is 6.30. The highest BCUT2D eigenvalue weighted by Crippen LogP contribution is 2.29. The van der Waals surface area contributed by atoms with E-state index >= 15 is 0 Å². The number of nitrogens with zero attached hydrogens (tertiary/aromatic N) is 3. The molecule has 7 heteroatoms. The minimum Gasteiger partial charge on any atom is -0.380 e. The van der Waals surface area contributed by atoms with Gasteiger partial charge in [-0.15, -0.1) is 0 Å². The van der Waals surface area contributed by atoms with Gasteiger partial charge in [-0.2, -0.15) is 0 Å². The molecule has 1 aliphatic rings. The zero-order valence-electron chi connectivity index (χ0n) is 15.1. The summed E-state index contributed by atoms with van der Waals surface area (Å²) in [5.41, 5.74) is 1.16. The first-order valence-corrected chi connectivity index (χ1v) is 9.51. The van der Waals surface area contributed by atoms with Crippen molar-refractivity contribution in [2.24, 2.45) is 0 Å². The van der Waals surface area contributed by atoms with E-state index in [1.165, 1.54) is 24.3 Å². The zero-order valence-corrected chi connectivity index (χ0v) is 15.8. The van der Waals surface area contributed by atoms with Gasteiger partial charge in [-0.3, -0.25) is 0 Å². The van der Waals surface area contributed by atoms with Crippen LogP contribution in [-0.2, 0) is 0 Å². The standard InChI is InChI=1S/C21H19ClF2N4/c22-15-3-4-18(23)17(13-15)14-2-5-20(19(24)12-14)27-16-6-10-28(11-7-16)21-25-8-1-9-26-21/h1-5,8-9,12-13,16,27H,6-7,10-11H2. The third-order valence-electron chi connectivity index (χ3n) is 4.90. The minimum atomic E-state index is -0.431. The number of piperidine rings is 1. The van der Waals surface area contributed by atoms with E-state index in [0.717, 1.165) is 31.9 Å². The van der Waals surface area contributed by atoms with Crippen LogP contribution in [0.4, 0.5) is 20.4 Å². The summed E-state index contributed by atoms with van der Waals surface area (Å²) < 4.78 is 28.6. The molecule has 2 heterocycles. The smallest absolute Gasteiger partial charge is 0.225 e. The lowest BCUT2D eigenvalue weighted by Crippen LogP contribution is -2.40. The Morgan fingerprint density at radius 2 is 1.71 bits per heavy atom. The molecule has 4 nitrogen and oxygen atoms in total. The Labute approximate surface area is 167 Å². The van der Waals surface area contributed by atoms with Crippen molar-refractivity contribution < 1.29 is 8.78 Å². The van der Waals surface area contributed by atoms with Crippen molar-refractivity contribution in [3.05, 3.63) is 71.5 Å². The van der Waals surface area contributed by atoms with E-state index in [1.807, 2.05) is 0 Å². The van der Waals surface area contributed by atoms with Crippen molar-refractivity contribution in [1.29, 1.82) is 0 Å². The topological polar surface area (TPSA) is 41.0 Å². The second kappa shape index (κ2) is 8.10. The van der Waals surface area contributed by atoms with Crippen LogP contribution in [0.1, 0.15) is 12.8 Å². The van der Waals surface area contributed by atoms with E-state index in [2.05, 4.69) is 20.2 Å². The SMILES string of the molecule is Fc1cc(-c2cc(Cl)ccc2F)ccc1NC1CCN(c2ncccn2)CC1. The number of aromatic nitrogens is 2. The van der Waals surface area contributed by atoms with Gasteiger partial charge in [0, 0.05) is 42.1 Å². The molecule has 0 atom stereocenters. The van der Waals surface area contributed by atoms with E-state index in [0.29, 0.717) is 16.3 Å². The predicted octanol–water partition coefficient (Wildman–Crippen LogP) is 5.16. The molecule has 1 fully saturated rings. The van der Waals surface area contributed by atoms with Crippen molar-refractivity contribution in [1.82, 2.24) is 9.97 Å². The first-order chi connectivity index (χ1) is 13.6. The van der Waals surface area contributed by atoms with Gasteiger partial charge in [0.05, 0.1) is 5.69 Å². The molecule has 0 unspecified atom stereocenters. The Morgan fingerprint density at radius 3 is 2.43 bits per heavy atom. The van der Waals surface area contributed by atoms with Crippen LogP contribution in [0.15, 0.2) is 54.9 Å². The largest absolute Gasteiger partial charge is 0.380 e. The molecule has 144 valence electrons. The number of halogens is 3. The van der Waals surface area contributed by atoms with Crippen molar-refractivity contribution in [2.45, 2.75) is 18.9 Å². The second-order valence-electron chi connectivity index (χ2n) is 6.77. The van der Waals surface area contributed by atoms with Crippen molar-refractivity contribution in [3.63, 3.8) is 0 Å². The number of hydrogen-bond acceptors (Lipinski definition) is 4. The van der Waals surface area contributed by atoms with Crippen LogP contribution in [0.2, 0.25) is 5.02 Å². The summed E-state index contributed by atoms with van der Waals surface area (Å²) in [6, 6.07) is 10.9. The summed E-state index contributed by atoms with van der Waals surface area (Å²) >= 11 is 5.94. The molecule has 1 N–H and O–H groups in total. The molecule has 0 saturated carbocycles. The summed E-state index contributed by atoms with van der Waals surface area (Å²) in [5.74, 6) is -0.120. The summed E-state index contributed by atoms with van der Waals surface area (Å²) in [4.78, 5) is 10.7. The van der Waals surface area contributed by atoms with Gasteiger partial charge in [-0.25, -0.2) is 18.7 Å². The third-order valence-corrected chi connectivity index (χ3v) is 5.13. The average Bonchev–Trinajstić information content (AvgIpc) is 2.72. The van der Waals surface area contributed by atoms with Crippen molar-refractivity contribution in [2.75, 3.05) is 23.3 Å². The first kappa shape index (κ1) is 18.6. The van der Waals surface area contributed by atoms with Gasteiger partial charge in [0.25, 0.3) is 0 Å². The molecule has 1 aliphatic heterocycles. The fourth-order valence-electron chi connectivity index (χ4n) is 3.42. The zero-order chi connectivity index (χ0) is 19.5. The molecule has 0 spiro atoms. The Balaban J connectivity index is 1.43. The molecule has 0 amide bonds. The monoisotopic (exact) mass is 400 g/mol. The van der Waals surface area contributed by atoms with Gasteiger partial charge in [-0.1, -0.05) is 17.7 Å². The Hall–Kier alpha value is -2.73. The maximum Gasteiger partial charge on any atom is 0.225 e. The normalized spacial score (nSPS) is 14.9. The first-order valence-electron chi connectivity index (χ1n) is 9.13. The summed E-state index contributed by atoms with van der Waals surface area (Å²) in [6.07, 6.45) is 5.16. The lowest BCUT2D eigenvalue weighted by molar-refractivity contribution is 0.516. The molecule has 1 saturated heterocycles. The molecular formula is C21H19ClF2N4. The van der Waals surface area contributed by atoms with E-state index in [4.69, 9.17) is 11.6 Å². The van der Waals surface area contributed by atoms with Gasteiger partial charge in [0.1, 0.15) is 11.6 Å². The molecule has 0 bridgehead atoms. The molecule has 0 aliphatic carbocycles. The fourth-order valence-corrected chi connectivity index (χ4v) is 3.59. The molecule has 0 radical (unpaired) electrons. The molecule has 3 aromatic rings. The van der Waals surface area contributed by atoms with Crippen LogP contribution in [-0.4, -0.2) is 29.1 Å². The summed E-state index contributed by atoms with van der Waals surface area (Å²) in [5, 5.41) is 3.67. The predicted molar refractivity (Wildman–Crippen MR) is 108 cm³/mol. The number of benzene rings is 2. The fraction of sp³-hybridized carbons (Fsp3) is 0.238. The van der Waals surface area contributed by atoms with E-state index in [9.17, 15) is 8.78 Å². The van der Waals surface area contributed by atoms with Crippen LogP contribution in [0.3, 0.4) is 0 Å². The average molecular weight is 401 g/mol. The Bertz CT molecular complexity index is 960. The van der Waals surface area contributed by atoms with E-state index in [-0.39, 0.29) is 11.6 Å². The number of hydrogen-bond donors (Lipinski definition) is 1. The lowest BCUT2D eigenvalue weighted by atomic mass is 10.0. The summed E-state index contributed by atoms with van der Waals surface area (Å²) in [7, 11) is 0. The van der Waals surface area contributed by atoms with Gasteiger partial charge in [0.2, 0.25) is 5.95 Å². The highest BCUT2D eigenvalue weighted by Gasteiger charge is 2.21. The van der Waals surface area contributed by atoms with Crippen LogP contribution >= 0.6 is 11.6 Å². The number of anilines is 2. The Morgan fingerprint density at radius 1 is 0.964 bits per heavy atom. The molecule has 2 aromatic carbocycles. The van der Waals surface area contributed by atoms with E-state index < -0.39 is 11.6 Å². The van der Waals surface area contributed by atoms with Gasteiger partial charge < -0.3 is 10.2 Å². The maximum atomic E-state index is 14.6. The maximum absolute atomic E-state index is 14.6. The molecule has 1 aromatic heterocycles. The summed E-state index contributed by atoms with van der Waals surface area (Å²) in [6.45, 7) is 1.60. The van der Waals surface area contributed by atoms with Crippen molar-refractivity contribution in [3.8, 4) is 11.1 Å². The van der Waals surface area contributed by atoms with Gasteiger partial charge in [-0.05, 0) is 54.8 Å².